The highest BCUT2D eigenvalue weighted by Gasteiger charge is 2.29. The second kappa shape index (κ2) is 8.38. The minimum Gasteiger partial charge on any atom is -0.457 e. The van der Waals surface area contributed by atoms with Gasteiger partial charge in [-0.3, -0.25) is 4.68 Å². The molecule has 0 bridgehead atoms. The summed E-state index contributed by atoms with van der Waals surface area (Å²) in [5, 5.41) is 4.85. The van der Waals surface area contributed by atoms with Crippen molar-refractivity contribution < 1.29 is 9.47 Å². The molecule has 8 nitrogen and oxygen atoms in total. The summed E-state index contributed by atoms with van der Waals surface area (Å²) in [6, 6.07) is 11.4. The van der Waals surface area contributed by atoms with Gasteiger partial charge in [0.15, 0.2) is 5.15 Å². The van der Waals surface area contributed by atoms with Crippen molar-refractivity contribution in [3.63, 3.8) is 0 Å². The van der Waals surface area contributed by atoms with Crippen LogP contribution < -0.4 is 4.74 Å². The van der Waals surface area contributed by atoms with Gasteiger partial charge in [-0.15, -0.1) is 0 Å². The van der Waals surface area contributed by atoms with Crippen LogP contribution in [0.5, 0.6) is 11.5 Å². The fourth-order valence-corrected chi connectivity index (χ4v) is 4.68. The number of aryl methyl sites for hydroxylation is 1. The van der Waals surface area contributed by atoms with Crippen molar-refractivity contribution >= 4 is 33.7 Å². The quantitative estimate of drug-likeness (QED) is 0.347. The number of methoxy groups -OCH3 is 1. The molecule has 0 radical (unpaired) electrons. The van der Waals surface area contributed by atoms with Gasteiger partial charge in [0.05, 0.1) is 34.4 Å². The Morgan fingerprint density at radius 1 is 1.03 bits per heavy atom. The summed E-state index contributed by atoms with van der Waals surface area (Å²) in [5.74, 6) is 2.83. The van der Waals surface area contributed by atoms with Crippen molar-refractivity contribution in [1.82, 2.24) is 29.7 Å². The van der Waals surface area contributed by atoms with Crippen LogP contribution >= 0.6 is 11.6 Å². The summed E-state index contributed by atoms with van der Waals surface area (Å²) < 4.78 is 13.4. The minimum atomic E-state index is 0.351. The average molecular weight is 475 g/mol. The van der Waals surface area contributed by atoms with Crippen molar-refractivity contribution in [2.45, 2.75) is 32.4 Å². The van der Waals surface area contributed by atoms with Crippen molar-refractivity contribution in [2.24, 2.45) is 5.92 Å². The Kier molecular flexibility index (Phi) is 5.19. The first-order valence-electron chi connectivity index (χ1n) is 11.2. The standard InChI is InChI=1S/C25H23ClN6O2/c1-14-28-20-5-3-17(9-22(20)29-14)34-18-4-6-21-23(10-18)30-24(25(26)31-21)16-11-27-32(13-16)12-15-7-19(8-15)33-2/h3-6,9-11,13,15,19H,7-8,12H2,1-2H3,(H,28,29). The van der Waals surface area contributed by atoms with Gasteiger partial charge in [-0.2, -0.15) is 5.10 Å². The Bertz CT molecular complexity index is 1500. The number of nitrogens with one attached hydrogen (secondary N) is 1. The van der Waals surface area contributed by atoms with Gasteiger partial charge in [-0.25, -0.2) is 15.0 Å². The lowest BCUT2D eigenvalue weighted by Gasteiger charge is -2.33. The van der Waals surface area contributed by atoms with E-state index in [1.807, 2.05) is 54.2 Å². The Labute approximate surface area is 200 Å². The highest BCUT2D eigenvalue weighted by atomic mass is 35.5. The maximum absolute atomic E-state index is 6.49. The number of halogens is 1. The van der Waals surface area contributed by atoms with Gasteiger partial charge >= 0.3 is 0 Å². The summed E-state index contributed by atoms with van der Waals surface area (Å²) in [7, 11) is 1.77. The molecule has 34 heavy (non-hydrogen) atoms. The van der Waals surface area contributed by atoms with Crippen molar-refractivity contribution in [3.8, 4) is 22.8 Å². The molecule has 1 aliphatic rings. The molecule has 0 aliphatic heterocycles. The Morgan fingerprint density at radius 3 is 2.65 bits per heavy atom. The molecule has 0 atom stereocenters. The van der Waals surface area contributed by atoms with E-state index in [1.165, 1.54) is 0 Å². The number of fused-ring (bicyclic) bond motifs is 2. The monoisotopic (exact) mass is 474 g/mol. The lowest BCUT2D eigenvalue weighted by molar-refractivity contribution is -0.00546. The van der Waals surface area contributed by atoms with Gasteiger partial charge < -0.3 is 14.5 Å². The van der Waals surface area contributed by atoms with E-state index >= 15 is 0 Å². The van der Waals surface area contributed by atoms with Crippen LogP contribution in [-0.2, 0) is 11.3 Å². The van der Waals surface area contributed by atoms with Gasteiger partial charge in [0, 0.05) is 37.5 Å². The third-order valence-corrected chi connectivity index (χ3v) is 6.54. The van der Waals surface area contributed by atoms with E-state index in [-0.39, 0.29) is 0 Å². The van der Waals surface area contributed by atoms with Crippen LogP contribution in [0.1, 0.15) is 18.7 Å². The zero-order valence-corrected chi connectivity index (χ0v) is 19.6. The van der Waals surface area contributed by atoms with E-state index in [0.29, 0.717) is 45.4 Å². The Hall–Kier alpha value is -3.49. The molecular weight excluding hydrogens is 452 g/mol. The fourth-order valence-electron chi connectivity index (χ4n) is 4.44. The second-order valence-electron chi connectivity index (χ2n) is 8.76. The number of nitrogens with zero attached hydrogens (tertiary/aromatic N) is 5. The second-order valence-corrected chi connectivity index (χ2v) is 9.12. The predicted molar refractivity (Wildman–Crippen MR) is 130 cm³/mol. The number of benzene rings is 2. The number of ether oxygens (including phenoxy) is 2. The molecule has 1 N–H and O–H groups in total. The average Bonchev–Trinajstić information content (AvgIpc) is 3.41. The first-order chi connectivity index (χ1) is 16.5. The first kappa shape index (κ1) is 21.1. The highest BCUT2D eigenvalue weighted by molar-refractivity contribution is 6.32. The lowest BCUT2D eigenvalue weighted by atomic mass is 9.82. The van der Waals surface area contributed by atoms with E-state index in [0.717, 1.165) is 41.8 Å². The smallest absolute Gasteiger partial charge is 0.156 e. The Morgan fingerprint density at radius 2 is 1.82 bits per heavy atom. The SMILES string of the molecule is COC1CC(Cn2cc(-c3nc4cc(Oc5ccc6nc(C)[nH]c6c5)ccc4nc3Cl)cn2)C1. The molecule has 0 saturated heterocycles. The molecule has 2 aromatic carbocycles. The summed E-state index contributed by atoms with van der Waals surface area (Å²) in [4.78, 5) is 17.0. The largest absolute Gasteiger partial charge is 0.457 e. The van der Waals surface area contributed by atoms with Crippen LogP contribution in [-0.4, -0.2) is 42.9 Å². The van der Waals surface area contributed by atoms with E-state index < -0.39 is 0 Å². The molecule has 0 amide bonds. The summed E-state index contributed by atoms with van der Waals surface area (Å²) in [5.41, 5.74) is 4.69. The number of H-pyrrole nitrogens is 1. The maximum Gasteiger partial charge on any atom is 0.156 e. The fraction of sp³-hybridized carbons (Fsp3) is 0.280. The molecule has 1 saturated carbocycles. The number of rotatable bonds is 6. The predicted octanol–water partition coefficient (Wildman–Crippen LogP) is 5.55. The molecule has 5 aromatic rings. The molecule has 6 rings (SSSR count). The third kappa shape index (κ3) is 3.99. The van der Waals surface area contributed by atoms with E-state index in [1.54, 1.807) is 13.3 Å². The van der Waals surface area contributed by atoms with Crippen molar-refractivity contribution in [2.75, 3.05) is 7.11 Å². The Balaban J connectivity index is 1.25. The van der Waals surface area contributed by atoms with Crippen LogP contribution in [0.3, 0.4) is 0 Å². The number of hydrogen-bond acceptors (Lipinski definition) is 6. The van der Waals surface area contributed by atoms with Gasteiger partial charge in [-0.05, 0) is 49.9 Å². The van der Waals surface area contributed by atoms with Gasteiger partial charge in [0.25, 0.3) is 0 Å². The summed E-state index contributed by atoms with van der Waals surface area (Å²) in [6.07, 6.45) is 6.28. The third-order valence-electron chi connectivity index (χ3n) is 6.28. The van der Waals surface area contributed by atoms with Crippen LogP contribution in [0.25, 0.3) is 33.3 Å². The minimum absolute atomic E-state index is 0.351. The molecule has 9 heteroatoms. The molecule has 3 heterocycles. The number of aromatic nitrogens is 6. The maximum atomic E-state index is 6.49. The molecular formula is C25H23ClN6O2. The topological polar surface area (TPSA) is 90.7 Å². The van der Waals surface area contributed by atoms with Gasteiger partial charge in [0.2, 0.25) is 0 Å². The number of hydrogen-bond donors (Lipinski definition) is 1. The normalized spacial score (nSPS) is 17.9. The van der Waals surface area contributed by atoms with Crippen LogP contribution in [0.4, 0.5) is 0 Å². The van der Waals surface area contributed by atoms with E-state index in [4.69, 9.17) is 26.1 Å². The van der Waals surface area contributed by atoms with Crippen LogP contribution in [0.2, 0.25) is 5.15 Å². The summed E-state index contributed by atoms with van der Waals surface area (Å²) in [6.45, 7) is 2.79. The van der Waals surface area contributed by atoms with Crippen molar-refractivity contribution in [3.05, 3.63) is 59.8 Å². The lowest BCUT2D eigenvalue weighted by Crippen LogP contribution is -2.33. The molecule has 1 aliphatic carbocycles. The van der Waals surface area contributed by atoms with E-state index in [9.17, 15) is 0 Å². The molecule has 0 spiro atoms. The summed E-state index contributed by atoms with van der Waals surface area (Å²) >= 11 is 6.49. The molecule has 0 unspecified atom stereocenters. The van der Waals surface area contributed by atoms with Crippen LogP contribution in [0.15, 0.2) is 48.8 Å². The molecule has 172 valence electrons. The zero-order valence-electron chi connectivity index (χ0n) is 18.8. The zero-order chi connectivity index (χ0) is 23.2. The highest BCUT2D eigenvalue weighted by Crippen LogP contribution is 2.33. The molecule has 3 aromatic heterocycles. The molecule has 1 fully saturated rings. The van der Waals surface area contributed by atoms with Crippen LogP contribution in [0, 0.1) is 12.8 Å². The van der Waals surface area contributed by atoms with Gasteiger partial charge in [0.1, 0.15) is 23.0 Å². The van der Waals surface area contributed by atoms with Gasteiger partial charge in [-0.1, -0.05) is 11.6 Å². The number of imidazole rings is 1. The number of aromatic amines is 1. The van der Waals surface area contributed by atoms with E-state index in [2.05, 4.69) is 20.1 Å². The van der Waals surface area contributed by atoms with Crippen molar-refractivity contribution in [1.29, 1.82) is 0 Å². The first-order valence-corrected chi connectivity index (χ1v) is 11.6.